The summed E-state index contributed by atoms with van der Waals surface area (Å²) in [5.41, 5.74) is -5.28. The minimum Gasteiger partial charge on any atom is -0.502 e. The Bertz CT molecular complexity index is 1080. The van der Waals surface area contributed by atoms with Crippen LogP contribution >= 0.6 is 0 Å². The van der Waals surface area contributed by atoms with Crippen LogP contribution in [-0.4, -0.2) is 47.8 Å². The first kappa shape index (κ1) is 22.8. The number of hydroxylamine groups is 2. The zero-order chi connectivity index (χ0) is 24.0. The number of nitrogens with zero attached hydrogens (tertiary/aromatic N) is 3. The van der Waals surface area contributed by atoms with Crippen LogP contribution in [0.3, 0.4) is 0 Å². The highest BCUT2D eigenvalue weighted by atomic mass is 16.6. The lowest BCUT2D eigenvalue weighted by molar-refractivity contribution is -0.386. The molecule has 0 bridgehead atoms. The number of hydrogen-bond acceptors (Lipinski definition) is 9. The van der Waals surface area contributed by atoms with Crippen molar-refractivity contribution < 1.29 is 34.9 Å². The third-order valence-electron chi connectivity index (χ3n) is 5.84. The second kappa shape index (κ2) is 7.66. The van der Waals surface area contributed by atoms with Gasteiger partial charge in [0, 0.05) is 23.3 Å². The Morgan fingerprint density at radius 1 is 0.844 bits per heavy atom. The van der Waals surface area contributed by atoms with Gasteiger partial charge in [-0.25, -0.2) is 0 Å². The zero-order valence-corrected chi connectivity index (χ0v) is 17.0. The molecule has 0 aromatic heterocycles. The number of phenolic OH excluding ortho intramolecular Hbond substituents is 2. The fourth-order valence-electron chi connectivity index (χ4n) is 3.89. The lowest BCUT2D eigenvalue weighted by atomic mass is 9.88. The van der Waals surface area contributed by atoms with Crippen LogP contribution < -0.4 is 0 Å². The summed E-state index contributed by atoms with van der Waals surface area (Å²) in [6, 6.07) is 5.95. The predicted molar refractivity (Wildman–Crippen MR) is 107 cm³/mol. The van der Waals surface area contributed by atoms with Crippen molar-refractivity contribution in [2.24, 2.45) is 0 Å². The second-order valence-electron chi connectivity index (χ2n) is 7.92. The Hall–Kier alpha value is -3.90. The Kier molecular flexibility index (Phi) is 5.45. The summed E-state index contributed by atoms with van der Waals surface area (Å²) in [5, 5.41) is 54.9. The largest absolute Gasteiger partial charge is 0.502 e. The Balaban J connectivity index is 1.97. The molecule has 1 fully saturated rings. The molecule has 2 aromatic rings. The molecule has 12 heteroatoms. The van der Waals surface area contributed by atoms with Crippen molar-refractivity contribution in [2.45, 2.75) is 37.8 Å². The van der Waals surface area contributed by atoms with Crippen molar-refractivity contribution in [3.8, 4) is 11.5 Å². The van der Waals surface area contributed by atoms with Crippen LogP contribution in [0.15, 0.2) is 36.4 Å². The van der Waals surface area contributed by atoms with Gasteiger partial charge in [0.05, 0.1) is 9.85 Å². The molecule has 167 valence electrons. The first-order chi connectivity index (χ1) is 14.8. The Morgan fingerprint density at radius 2 is 1.19 bits per heavy atom. The van der Waals surface area contributed by atoms with Crippen LogP contribution in [0, 0.1) is 20.2 Å². The van der Waals surface area contributed by atoms with Gasteiger partial charge in [-0.15, -0.1) is 10.3 Å². The van der Waals surface area contributed by atoms with Crippen molar-refractivity contribution in [2.75, 3.05) is 0 Å². The van der Waals surface area contributed by atoms with Crippen molar-refractivity contribution in [1.29, 1.82) is 0 Å². The number of carbonyl (C=O) groups excluding carboxylic acids is 2. The number of nitro benzene ring substituents is 2. The smallest absolute Gasteiger partial charge is 0.311 e. The quantitative estimate of drug-likeness (QED) is 0.384. The predicted octanol–water partition coefficient (Wildman–Crippen LogP) is 2.94. The van der Waals surface area contributed by atoms with Crippen LogP contribution in [0.4, 0.5) is 11.4 Å². The van der Waals surface area contributed by atoms with Crippen LogP contribution in [0.1, 0.15) is 47.4 Å². The van der Waals surface area contributed by atoms with Crippen LogP contribution in [0.2, 0.25) is 0 Å². The van der Waals surface area contributed by atoms with E-state index in [1.165, 1.54) is 13.8 Å². The molecule has 0 aliphatic carbocycles. The summed E-state index contributed by atoms with van der Waals surface area (Å²) in [6.45, 7) is 2.61. The molecule has 1 radical (unpaired) electrons. The minimum absolute atomic E-state index is 0.0631. The molecule has 12 nitrogen and oxygen atoms in total. The molecular weight excluding hydrogens is 426 g/mol. The van der Waals surface area contributed by atoms with E-state index >= 15 is 0 Å². The molecular formula is C20H18N3O9. The monoisotopic (exact) mass is 444 g/mol. The SMILES string of the molecule is C[C@@]1(C(=O)c2ccc(O)c([N+](=O)[O-])c2)CC[C@](C)(C(=O)c2ccc(O)c([N+](=O)[O-])c2)N1[O]. The Labute approximate surface area is 180 Å². The molecule has 0 spiro atoms. The first-order valence-electron chi connectivity index (χ1n) is 9.35. The van der Waals surface area contributed by atoms with Gasteiger partial charge in [-0.3, -0.25) is 29.8 Å². The van der Waals surface area contributed by atoms with E-state index < -0.39 is 55.4 Å². The number of ketones is 2. The van der Waals surface area contributed by atoms with Crippen LogP contribution in [-0.2, 0) is 5.21 Å². The van der Waals surface area contributed by atoms with Crippen molar-refractivity contribution in [3.05, 3.63) is 67.8 Å². The third kappa shape index (κ3) is 3.44. The Morgan fingerprint density at radius 3 is 1.50 bits per heavy atom. The second-order valence-corrected chi connectivity index (χ2v) is 7.92. The van der Waals surface area contributed by atoms with E-state index in [-0.39, 0.29) is 24.0 Å². The normalized spacial score (nSPS) is 23.1. The molecule has 2 N–H and O–H groups in total. The maximum Gasteiger partial charge on any atom is 0.311 e. The third-order valence-corrected chi connectivity index (χ3v) is 5.84. The van der Waals surface area contributed by atoms with Gasteiger partial charge in [-0.05, 0) is 51.0 Å². The molecule has 0 amide bonds. The number of hydrogen-bond donors (Lipinski definition) is 2. The van der Waals surface area contributed by atoms with E-state index in [9.17, 15) is 45.2 Å². The van der Waals surface area contributed by atoms with Gasteiger partial charge in [0.15, 0.2) is 23.1 Å². The van der Waals surface area contributed by atoms with Crippen molar-refractivity contribution in [3.63, 3.8) is 0 Å². The standard InChI is InChI=1S/C20H18N3O9/c1-19(17(26)11-3-5-15(24)13(9-11)21(28)29)7-8-20(2,23(19)32)18(27)12-4-6-16(25)14(10-12)22(30)31/h3-6,9-10,24-25H,7-8H2,1-2H3/t19-,20+. The van der Waals surface area contributed by atoms with Crippen LogP contribution in [0.25, 0.3) is 0 Å². The molecule has 2 aromatic carbocycles. The maximum atomic E-state index is 13.3. The lowest BCUT2D eigenvalue weighted by Gasteiger charge is -2.34. The number of rotatable bonds is 6. The molecule has 0 saturated carbocycles. The summed E-state index contributed by atoms with van der Waals surface area (Å²) >= 11 is 0. The topological polar surface area (TPSA) is 184 Å². The molecule has 0 unspecified atom stereocenters. The zero-order valence-electron chi connectivity index (χ0n) is 17.0. The van der Waals surface area contributed by atoms with Gasteiger partial charge in [0.1, 0.15) is 11.1 Å². The highest BCUT2D eigenvalue weighted by Crippen LogP contribution is 2.44. The first-order valence-corrected chi connectivity index (χ1v) is 9.35. The van der Waals surface area contributed by atoms with E-state index in [2.05, 4.69) is 0 Å². The molecule has 1 saturated heterocycles. The van der Waals surface area contributed by atoms with E-state index in [0.717, 1.165) is 36.4 Å². The summed E-state index contributed by atoms with van der Waals surface area (Å²) < 4.78 is 0. The number of aromatic hydroxyl groups is 2. The van der Waals surface area contributed by atoms with Crippen molar-refractivity contribution >= 4 is 22.9 Å². The van der Waals surface area contributed by atoms with Gasteiger partial charge < -0.3 is 10.2 Å². The summed E-state index contributed by atoms with van der Waals surface area (Å²) in [7, 11) is 0. The fourth-order valence-corrected chi connectivity index (χ4v) is 3.89. The highest BCUT2D eigenvalue weighted by Gasteiger charge is 2.58. The van der Waals surface area contributed by atoms with Crippen molar-refractivity contribution in [1.82, 2.24) is 5.06 Å². The van der Waals surface area contributed by atoms with Crippen LogP contribution in [0.5, 0.6) is 11.5 Å². The molecule has 1 aliphatic rings. The number of Topliss-reactive ketones (excluding diaryl/α,β-unsaturated/α-hetero) is 2. The molecule has 1 heterocycles. The van der Waals surface area contributed by atoms with Gasteiger partial charge in [-0.1, -0.05) is 0 Å². The average molecular weight is 444 g/mol. The van der Waals surface area contributed by atoms with E-state index in [0.29, 0.717) is 5.06 Å². The highest BCUT2D eigenvalue weighted by molar-refractivity contribution is 6.07. The van der Waals surface area contributed by atoms with Gasteiger partial charge in [-0.2, -0.15) is 0 Å². The number of carbonyl (C=O) groups is 2. The fraction of sp³-hybridized carbons (Fsp3) is 0.300. The number of nitro groups is 2. The van der Waals surface area contributed by atoms with E-state index in [1.807, 2.05) is 0 Å². The molecule has 1 aliphatic heterocycles. The van der Waals surface area contributed by atoms with Gasteiger partial charge in [0.25, 0.3) is 0 Å². The van der Waals surface area contributed by atoms with Gasteiger partial charge in [0.2, 0.25) is 0 Å². The lowest BCUT2D eigenvalue weighted by Crippen LogP contribution is -2.55. The summed E-state index contributed by atoms with van der Waals surface area (Å²) in [4.78, 5) is 46.6. The maximum absolute atomic E-state index is 13.3. The van der Waals surface area contributed by atoms with Gasteiger partial charge >= 0.3 is 11.4 Å². The summed E-state index contributed by atoms with van der Waals surface area (Å²) in [5.74, 6) is -2.83. The van der Waals surface area contributed by atoms with E-state index in [1.54, 1.807) is 0 Å². The average Bonchev–Trinajstić information content (AvgIpc) is 2.99. The minimum atomic E-state index is -1.75. The molecule has 32 heavy (non-hydrogen) atoms. The number of benzene rings is 2. The molecule has 2 atom stereocenters. The van der Waals surface area contributed by atoms with E-state index in [4.69, 9.17) is 0 Å². The summed E-state index contributed by atoms with van der Waals surface area (Å²) in [6.07, 6.45) is -0.126. The molecule has 3 rings (SSSR count). The number of phenols is 2.